The van der Waals surface area contributed by atoms with Crippen molar-refractivity contribution in [1.82, 2.24) is 0 Å². The van der Waals surface area contributed by atoms with Gasteiger partial charge in [0, 0.05) is 12.5 Å². The third-order valence-electron chi connectivity index (χ3n) is 7.80. The Morgan fingerprint density at radius 2 is 1.91 bits per heavy atom. The second-order valence-electron chi connectivity index (χ2n) is 9.82. The summed E-state index contributed by atoms with van der Waals surface area (Å²) in [7, 11) is 3.32. The number of nitriles is 1. The Labute approximate surface area is 198 Å². The van der Waals surface area contributed by atoms with Gasteiger partial charge in [-0.25, -0.2) is 4.99 Å². The van der Waals surface area contributed by atoms with E-state index in [2.05, 4.69) is 26.0 Å². The van der Waals surface area contributed by atoms with Gasteiger partial charge < -0.3 is 19.9 Å². The van der Waals surface area contributed by atoms with E-state index < -0.39 is 17.5 Å². The smallest absolute Gasteiger partial charge is 0.283 e. The first-order valence-corrected chi connectivity index (χ1v) is 11.4. The molecular formula is C27H31N3O3. The number of nitrogens with two attached hydrogens (primary N) is 1. The zero-order chi connectivity index (χ0) is 25.2. The highest BCUT2D eigenvalue weighted by atomic mass is 16.5. The molecule has 2 aromatic rings. The van der Waals surface area contributed by atoms with E-state index in [0.717, 1.165) is 35.1 Å². The van der Waals surface area contributed by atoms with E-state index in [-0.39, 0.29) is 24.0 Å². The predicted octanol–water partition coefficient (Wildman–Crippen LogP) is 4.40. The molecule has 6 heteroatoms. The number of amidine groups is 1. The Hall–Kier alpha value is -3.04. The number of methoxy groups -OCH3 is 2. The molecule has 172 valence electrons. The molecule has 5 atom stereocenters. The molecule has 2 aromatic carbocycles. The van der Waals surface area contributed by atoms with Crippen LogP contribution in [0.2, 0.25) is 0 Å². The lowest BCUT2D eigenvalue weighted by Crippen LogP contribution is -2.51. The number of benzene rings is 2. The molecule has 0 saturated heterocycles. The monoisotopic (exact) mass is 447 g/mol. The van der Waals surface area contributed by atoms with Crippen LogP contribution in [-0.2, 0) is 21.4 Å². The van der Waals surface area contributed by atoms with Crippen molar-refractivity contribution >= 4 is 6.02 Å². The predicted molar refractivity (Wildman–Crippen MR) is 127 cm³/mol. The second-order valence-corrected chi connectivity index (χ2v) is 9.82. The van der Waals surface area contributed by atoms with Crippen LogP contribution in [0.25, 0.3) is 11.1 Å². The van der Waals surface area contributed by atoms with Crippen LogP contribution in [0.1, 0.15) is 46.1 Å². The zero-order valence-electron chi connectivity index (χ0n) is 21.5. The fourth-order valence-electron chi connectivity index (χ4n) is 6.67. The Kier molecular flexibility index (Phi) is 4.58. The van der Waals surface area contributed by atoms with Gasteiger partial charge >= 0.3 is 0 Å². The summed E-state index contributed by atoms with van der Waals surface area (Å²) in [6.45, 7) is 2.24. The fraction of sp³-hybridized carbons (Fsp3) is 0.481. The number of hydrogen-bond acceptors (Lipinski definition) is 6. The average Bonchev–Trinajstić information content (AvgIpc) is 3.22. The number of fused-ring (bicyclic) bond motifs is 3. The first-order chi connectivity index (χ1) is 16.6. The topological polar surface area (TPSA) is 89.9 Å². The number of nitrogens with zero attached hydrogens (tertiary/aromatic N) is 2. The normalized spacial score (nSPS) is 34.8. The van der Waals surface area contributed by atoms with Crippen molar-refractivity contribution in [1.29, 1.82) is 5.26 Å². The molecular weight excluding hydrogens is 414 g/mol. The summed E-state index contributed by atoms with van der Waals surface area (Å²) in [6, 6.07) is 13.5. The average molecular weight is 448 g/mol. The standard InChI is InChI=1S/C27H31N3O3/c1-16-11-26(12-17(2)24(16)32-4)13-20-6-5-19(10-23(20)27(26)15-33-25(29)30-27)21-7-18(14-28)8-22(9-21)31-3/h5-10,16-17,24H,11-13,15H2,1-4H3,(H2,29,30)/t16-,17+,24?,26?,27?/i15D2. The van der Waals surface area contributed by atoms with Gasteiger partial charge in [0.1, 0.15) is 17.8 Å². The summed E-state index contributed by atoms with van der Waals surface area (Å²) in [5, 5.41) is 9.49. The van der Waals surface area contributed by atoms with E-state index in [1.807, 2.05) is 24.3 Å². The summed E-state index contributed by atoms with van der Waals surface area (Å²) in [6.07, 6.45) is 2.29. The summed E-state index contributed by atoms with van der Waals surface area (Å²) >= 11 is 0. The van der Waals surface area contributed by atoms with Crippen LogP contribution in [0, 0.1) is 28.6 Å². The van der Waals surface area contributed by atoms with E-state index in [9.17, 15) is 5.26 Å². The molecule has 0 bridgehead atoms. The highest BCUT2D eigenvalue weighted by Gasteiger charge is 2.63. The molecule has 0 amide bonds. The summed E-state index contributed by atoms with van der Waals surface area (Å²) in [5.41, 5.74) is 8.33. The Balaban J connectivity index is 1.71. The van der Waals surface area contributed by atoms with Crippen molar-refractivity contribution in [3.63, 3.8) is 0 Å². The molecule has 0 aromatic heterocycles. The number of hydrogen-bond donors (Lipinski definition) is 1. The van der Waals surface area contributed by atoms with Crippen LogP contribution >= 0.6 is 0 Å². The van der Waals surface area contributed by atoms with Gasteiger partial charge in [-0.15, -0.1) is 0 Å². The van der Waals surface area contributed by atoms with E-state index in [0.29, 0.717) is 17.7 Å². The molecule has 2 aliphatic carbocycles. The van der Waals surface area contributed by atoms with Crippen LogP contribution in [0.15, 0.2) is 41.4 Å². The van der Waals surface area contributed by atoms with Crippen molar-refractivity contribution in [2.75, 3.05) is 20.8 Å². The molecule has 2 spiro atoms. The minimum atomic E-state index is -2.10. The van der Waals surface area contributed by atoms with Crippen molar-refractivity contribution in [2.24, 2.45) is 28.0 Å². The zero-order valence-corrected chi connectivity index (χ0v) is 19.5. The first-order valence-electron chi connectivity index (χ1n) is 12.4. The number of aliphatic imine (C=N–C) groups is 1. The molecule has 3 unspecified atom stereocenters. The minimum absolute atomic E-state index is 0.104. The quantitative estimate of drug-likeness (QED) is 0.753. The Morgan fingerprint density at radius 1 is 1.15 bits per heavy atom. The molecule has 6 nitrogen and oxygen atoms in total. The highest BCUT2D eigenvalue weighted by Crippen LogP contribution is 2.63. The molecule has 1 saturated carbocycles. The van der Waals surface area contributed by atoms with Crippen LogP contribution < -0.4 is 10.5 Å². The summed E-state index contributed by atoms with van der Waals surface area (Å²) in [5.74, 6) is 1.03. The van der Waals surface area contributed by atoms with Crippen LogP contribution in [0.5, 0.6) is 5.75 Å². The third-order valence-corrected chi connectivity index (χ3v) is 7.80. The lowest BCUT2D eigenvalue weighted by molar-refractivity contribution is -0.0779. The van der Waals surface area contributed by atoms with Crippen molar-refractivity contribution in [2.45, 2.75) is 44.8 Å². The Bertz CT molecular complexity index is 1240. The van der Waals surface area contributed by atoms with Crippen molar-refractivity contribution in [3.05, 3.63) is 53.1 Å². The summed E-state index contributed by atoms with van der Waals surface area (Å²) in [4.78, 5) is 4.79. The van der Waals surface area contributed by atoms with E-state index in [1.165, 1.54) is 0 Å². The molecule has 3 aliphatic rings. The maximum Gasteiger partial charge on any atom is 0.283 e. The first kappa shape index (κ1) is 19.4. The minimum Gasteiger partial charge on any atom is -0.497 e. The van der Waals surface area contributed by atoms with E-state index in [1.54, 1.807) is 20.3 Å². The van der Waals surface area contributed by atoms with E-state index in [4.69, 9.17) is 27.7 Å². The molecule has 5 rings (SSSR count). The van der Waals surface area contributed by atoms with Crippen LogP contribution in [0.3, 0.4) is 0 Å². The highest BCUT2D eigenvalue weighted by molar-refractivity contribution is 5.76. The molecule has 0 radical (unpaired) electrons. The lowest BCUT2D eigenvalue weighted by Gasteiger charge is -2.50. The maximum atomic E-state index is 9.49. The molecule has 33 heavy (non-hydrogen) atoms. The molecule has 2 N–H and O–H groups in total. The molecule has 1 heterocycles. The van der Waals surface area contributed by atoms with Gasteiger partial charge in [0.05, 0.1) is 27.6 Å². The third kappa shape index (κ3) is 3.21. The number of ether oxygens (including phenoxy) is 3. The van der Waals surface area contributed by atoms with E-state index >= 15 is 0 Å². The summed E-state index contributed by atoms with van der Waals surface area (Å²) < 4.78 is 34.9. The van der Waals surface area contributed by atoms with Gasteiger partial charge in [0.15, 0.2) is 0 Å². The number of rotatable bonds is 3. The second kappa shape index (κ2) is 7.78. The SMILES string of the molecule is [2H]C1([2H])OC(N)=NC12c1cc(-c3cc(C#N)cc(OC)c3)ccc1CC21C[C@@H](C)C(OC)[C@@H](C)C1. The van der Waals surface area contributed by atoms with Crippen molar-refractivity contribution < 1.29 is 17.0 Å². The van der Waals surface area contributed by atoms with Gasteiger partial charge in [0.25, 0.3) is 6.02 Å². The Morgan fingerprint density at radius 3 is 2.52 bits per heavy atom. The van der Waals surface area contributed by atoms with Gasteiger partial charge in [-0.3, -0.25) is 0 Å². The largest absolute Gasteiger partial charge is 0.497 e. The van der Waals surface area contributed by atoms with Gasteiger partial charge in [-0.2, -0.15) is 5.26 Å². The molecule has 1 fully saturated rings. The van der Waals surface area contributed by atoms with Crippen LogP contribution in [0.4, 0.5) is 0 Å². The molecule has 1 aliphatic heterocycles. The fourth-order valence-corrected chi connectivity index (χ4v) is 6.67. The van der Waals surface area contributed by atoms with Crippen molar-refractivity contribution in [3.8, 4) is 22.9 Å². The van der Waals surface area contributed by atoms with Gasteiger partial charge in [0.2, 0.25) is 0 Å². The van der Waals surface area contributed by atoms with Crippen LogP contribution in [-0.4, -0.2) is 32.9 Å². The van der Waals surface area contributed by atoms with Gasteiger partial charge in [-0.1, -0.05) is 26.0 Å². The van der Waals surface area contributed by atoms with Gasteiger partial charge in [-0.05, 0) is 77.6 Å². The maximum absolute atomic E-state index is 9.49. The lowest BCUT2D eigenvalue weighted by atomic mass is 9.57.